The molecule has 0 amide bonds. The number of rotatable bonds is 7. The zero-order valence-electron chi connectivity index (χ0n) is 10.2. The van der Waals surface area contributed by atoms with E-state index in [0.29, 0.717) is 6.61 Å². The van der Waals surface area contributed by atoms with Crippen molar-refractivity contribution >= 4 is 0 Å². The molecule has 3 heteroatoms. The van der Waals surface area contributed by atoms with Crippen LogP contribution in [0, 0.1) is 5.92 Å². The summed E-state index contributed by atoms with van der Waals surface area (Å²) in [7, 11) is 2.24. The third-order valence-electron chi connectivity index (χ3n) is 3.56. The number of hydrogen-bond donors (Lipinski definition) is 2. The van der Waals surface area contributed by atoms with Gasteiger partial charge in [-0.05, 0) is 45.3 Å². The van der Waals surface area contributed by atoms with Crippen LogP contribution in [0.5, 0.6) is 0 Å². The van der Waals surface area contributed by atoms with E-state index in [9.17, 15) is 0 Å². The van der Waals surface area contributed by atoms with Gasteiger partial charge in [-0.25, -0.2) is 0 Å². The van der Waals surface area contributed by atoms with E-state index in [1.807, 2.05) is 0 Å². The molecule has 0 aliphatic carbocycles. The van der Waals surface area contributed by atoms with Crippen LogP contribution in [-0.2, 0) is 0 Å². The average Bonchev–Trinajstić information content (AvgIpc) is 2.72. The Kier molecular flexibility index (Phi) is 6.22. The topological polar surface area (TPSA) is 35.5 Å². The van der Waals surface area contributed by atoms with E-state index in [-0.39, 0.29) is 0 Å². The van der Waals surface area contributed by atoms with Crippen molar-refractivity contribution in [2.45, 2.75) is 38.6 Å². The van der Waals surface area contributed by atoms with Gasteiger partial charge in [0.15, 0.2) is 0 Å². The van der Waals surface area contributed by atoms with E-state index in [4.69, 9.17) is 5.11 Å². The molecule has 1 fully saturated rings. The molecule has 1 saturated heterocycles. The lowest BCUT2D eigenvalue weighted by Gasteiger charge is -2.28. The Balaban J connectivity index is 2.17. The van der Waals surface area contributed by atoms with Crippen molar-refractivity contribution in [3.63, 3.8) is 0 Å². The highest BCUT2D eigenvalue weighted by Crippen LogP contribution is 2.18. The van der Waals surface area contributed by atoms with E-state index in [2.05, 4.69) is 24.2 Å². The fourth-order valence-electron chi connectivity index (χ4n) is 2.47. The van der Waals surface area contributed by atoms with Gasteiger partial charge in [0.1, 0.15) is 0 Å². The van der Waals surface area contributed by atoms with Gasteiger partial charge in [0.05, 0.1) is 0 Å². The molecule has 2 atom stereocenters. The van der Waals surface area contributed by atoms with Crippen LogP contribution in [0.15, 0.2) is 0 Å². The van der Waals surface area contributed by atoms with Gasteiger partial charge in [-0.3, -0.25) is 0 Å². The van der Waals surface area contributed by atoms with Gasteiger partial charge in [-0.1, -0.05) is 13.3 Å². The van der Waals surface area contributed by atoms with Crippen molar-refractivity contribution in [1.82, 2.24) is 10.2 Å². The molecule has 0 saturated carbocycles. The summed E-state index contributed by atoms with van der Waals surface area (Å²) in [6.45, 7) is 6.12. The van der Waals surface area contributed by atoms with Crippen LogP contribution in [0.1, 0.15) is 32.6 Å². The Morgan fingerprint density at radius 1 is 1.27 bits per heavy atom. The van der Waals surface area contributed by atoms with Crippen molar-refractivity contribution in [2.24, 2.45) is 5.92 Å². The molecule has 1 rings (SSSR count). The third-order valence-corrected chi connectivity index (χ3v) is 3.56. The van der Waals surface area contributed by atoms with Gasteiger partial charge < -0.3 is 15.3 Å². The SMILES string of the molecule is CCC1CNCC1N(C)CCCCCO. The van der Waals surface area contributed by atoms with Gasteiger partial charge >= 0.3 is 0 Å². The Morgan fingerprint density at radius 2 is 2.07 bits per heavy atom. The van der Waals surface area contributed by atoms with Gasteiger partial charge in [-0.2, -0.15) is 0 Å². The van der Waals surface area contributed by atoms with Crippen LogP contribution in [-0.4, -0.2) is 49.3 Å². The number of aliphatic hydroxyl groups excluding tert-OH is 1. The lowest BCUT2D eigenvalue weighted by molar-refractivity contribution is 0.201. The summed E-state index contributed by atoms with van der Waals surface area (Å²) < 4.78 is 0. The Labute approximate surface area is 93.9 Å². The summed E-state index contributed by atoms with van der Waals surface area (Å²) in [4.78, 5) is 2.49. The molecule has 3 nitrogen and oxygen atoms in total. The molecule has 1 aliphatic rings. The molecule has 2 N–H and O–H groups in total. The van der Waals surface area contributed by atoms with Crippen LogP contribution in [0.25, 0.3) is 0 Å². The van der Waals surface area contributed by atoms with E-state index < -0.39 is 0 Å². The van der Waals surface area contributed by atoms with E-state index >= 15 is 0 Å². The number of nitrogens with zero attached hydrogens (tertiary/aromatic N) is 1. The average molecular weight is 214 g/mol. The number of hydrogen-bond acceptors (Lipinski definition) is 3. The maximum absolute atomic E-state index is 8.70. The first-order valence-electron chi connectivity index (χ1n) is 6.31. The summed E-state index contributed by atoms with van der Waals surface area (Å²) in [6.07, 6.45) is 4.59. The molecule has 0 spiro atoms. The zero-order valence-corrected chi connectivity index (χ0v) is 10.2. The highest BCUT2D eigenvalue weighted by Gasteiger charge is 2.28. The highest BCUT2D eigenvalue weighted by atomic mass is 16.2. The molecule has 0 aromatic carbocycles. The Bertz CT molecular complexity index is 164. The van der Waals surface area contributed by atoms with Crippen molar-refractivity contribution in [1.29, 1.82) is 0 Å². The van der Waals surface area contributed by atoms with Gasteiger partial charge in [0.2, 0.25) is 0 Å². The Hall–Kier alpha value is -0.120. The largest absolute Gasteiger partial charge is 0.396 e. The first-order valence-corrected chi connectivity index (χ1v) is 6.31. The minimum Gasteiger partial charge on any atom is -0.396 e. The molecule has 0 aromatic rings. The fourth-order valence-corrected chi connectivity index (χ4v) is 2.47. The van der Waals surface area contributed by atoms with Crippen molar-refractivity contribution in [3.05, 3.63) is 0 Å². The highest BCUT2D eigenvalue weighted by molar-refractivity contribution is 4.86. The van der Waals surface area contributed by atoms with E-state index in [0.717, 1.165) is 31.3 Å². The summed E-state index contributed by atoms with van der Waals surface area (Å²) in [6, 6.07) is 0.726. The fraction of sp³-hybridized carbons (Fsp3) is 1.00. The molecule has 0 aromatic heterocycles. The van der Waals surface area contributed by atoms with Crippen LogP contribution >= 0.6 is 0 Å². The predicted octanol–water partition coefficient (Wildman–Crippen LogP) is 1.08. The normalized spacial score (nSPS) is 26.4. The summed E-state index contributed by atoms with van der Waals surface area (Å²) >= 11 is 0. The molecule has 90 valence electrons. The molecule has 0 radical (unpaired) electrons. The summed E-state index contributed by atoms with van der Waals surface area (Å²) in [5.74, 6) is 0.827. The summed E-state index contributed by atoms with van der Waals surface area (Å²) in [5.41, 5.74) is 0. The predicted molar refractivity (Wildman–Crippen MR) is 64.0 cm³/mol. The monoisotopic (exact) mass is 214 g/mol. The van der Waals surface area contributed by atoms with Crippen molar-refractivity contribution in [3.8, 4) is 0 Å². The van der Waals surface area contributed by atoms with Crippen LogP contribution in [0.2, 0.25) is 0 Å². The molecule has 0 bridgehead atoms. The molecular formula is C12H26N2O. The van der Waals surface area contributed by atoms with Crippen molar-refractivity contribution in [2.75, 3.05) is 33.3 Å². The molecular weight excluding hydrogens is 188 g/mol. The van der Waals surface area contributed by atoms with E-state index in [1.54, 1.807) is 0 Å². The molecule has 2 unspecified atom stereocenters. The molecule has 15 heavy (non-hydrogen) atoms. The lowest BCUT2D eigenvalue weighted by atomic mass is 9.99. The smallest absolute Gasteiger partial charge is 0.0431 e. The molecule has 1 aliphatic heterocycles. The first-order chi connectivity index (χ1) is 7.29. The number of nitrogens with one attached hydrogen (secondary N) is 1. The second-order valence-electron chi connectivity index (χ2n) is 4.66. The van der Waals surface area contributed by atoms with Gasteiger partial charge in [-0.15, -0.1) is 0 Å². The van der Waals surface area contributed by atoms with Crippen LogP contribution in [0.4, 0.5) is 0 Å². The zero-order chi connectivity index (χ0) is 11.1. The maximum Gasteiger partial charge on any atom is 0.0431 e. The minimum absolute atomic E-state index is 0.340. The quantitative estimate of drug-likeness (QED) is 0.623. The van der Waals surface area contributed by atoms with Crippen molar-refractivity contribution < 1.29 is 5.11 Å². The number of aliphatic hydroxyl groups is 1. The first kappa shape index (κ1) is 12.9. The third kappa shape index (κ3) is 4.09. The standard InChI is InChI=1S/C12H26N2O/c1-3-11-9-13-10-12(11)14(2)7-5-4-6-8-15/h11-13,15H,3-10H2,1-2H3. The minimum atomic E-state index is 0.340. The Morgan fingerprint density at radius 3 is 2.73 bits per heavy atom. The van der Waals surface area contributed by atoms with Crippen LogP contribution in [0.3, 0.4) is 0 Å². The van der Waals surface area contributed by atoms with E-state index in [1.165, 1.54) is 25.9 Å². The second kappa shape index (κ2) is 7.20. The summed E-state index contributed by atoms with van der Waals surface area (Å²) in [5, 5.41) is 12.2. The second-order valence-corrected chi connectivity index (χ2v) is 4.66. The lowest BCUT2D eigenvalue weighted by Crippen LogP contribution is -2.38. The molecule has 1 heterocycles. The number of likely N-dealkylation sites (N-methyl/N-ethyl adjacent to an activating group) is 1. The maximum atomic E-state index is 8.70. The van der Waals surface area contributed by atoms with Gasteiger partial charge in [0, 0.05) is 19.2 Å². The van der Waals surface area contributed by atoms with Gasteiger partial charge in [0.25, 0.3) is 0 Å². The number of unbranched alkanes of at least 4 members (excludes halogenated alkanes) is 2. The van der Waals surface area contributed by atoms with Crippen LogP contribution < -0.4 is 5.32 Å².